The van der Waals surface area contributed by atoms with Crippen LogP contribution in [0.25, 0.3) is 15.2 Å². The number of rotatable bonds is 1. The molecule has 9 heteroatoms. The van der Waals surface area contributed by atoms with Gasteiger partial charge in [-0.15, -0.1) is 5.10 Å². The summed E-state index contributed by atoms with van der Waals surface area (Å²) in [5.74, 6) is 0. The van der Waals surface area contributed by atoms with Crippen molar-refractivity contribution in [3.8, 4) is 0 Å². The van der Waals surface area contributed by atoms with Gasteiger partial charge < -0.3 is 13.7 Å². The van der Waals surface area contributed by atoms with Crippen LogP contribution in [0.4, 0.5) is 0 Å². The van der Waals surface area contributed by atoms with Crippen LogP contribution in [0.3, 0.4) is 0 Å². The molecule has 0 aliphatic rings. The summed E-state index contributed by atoms with van der Waals surface area (Å²) in [6, 6.07) is 4.65. The van der Waals surface area contributed by atoms with Gasteiger partial charge in [-0.25, -0.2) is 0 Å². The molecule has 6 nitrogen and oxygen atoms in total. The van der Waals surface area contributed by atoms with E-state index in [1.807, 2.05) is 0 Å². The Labute approximate surface area is 106 Å². The minimum absolute atomic E-state index is 0.0874. The first-order chi connectivity index (χ1) is 7.97. The second-order valence-electron chi connectivity index (χ2n) is 3.40. The molecule has 0 radical (unpaired) electrons. The molecule has 3 aromatic rings. The van der Waals surface area contributed by atoms with Crippen molar-refractivity contribution in [2.45, 2.75) is 4.90 Å². The topological polar surface area (TPSA) is 93.8 Å². The average molecular weight is 289 g/mol. The van der Waals surface area contributed by atoms with Gasteiger partial charge in [0.25, 0.3) is 0 Å². The number of hydrogen-bond acceptors (Lipinski definition) is 6. The highest BCUT2D eigenvalue weighted by atomic mass is 32.3. The lowest BCUT2D eigenvalue weighted by Crippen LogP contribution is -1.94. The van der Waals surface area contributed by atoms with E-state index in [1.54, 1.807) is 10.5 Å². The molecule has 0 unspecified atom stereocenters. The Kier molecular flexibility index (Phi) is 2.30. The number of nitrogens with zero attached hydrogens (tertiary/aromatic N) is 2. The fraction of sp³-hybridized carbons (Fsp3) is 0. The zero-order valence-electron chi connectivity index (χ0n) is 8.19. The molecule has 0 amide bonds. The van der Waals surface area contributed by atoms with E-state index in [-0.39, 0.29) is 4.90 Å². The molecule has 0 saturated heterocycles. The monoisotopic (exact) mass is 289 g/mol. The van der Waals surface area contributed by atoms with Crippen LogP contribution in [0.1, 0.15) is 0 Å². The van der Waals surface area contributed by atoms with Crippen molar-refractivity contribution in [3.05, 3.63) is 23.0 Å². The molecule has 17 heavy (non-hydrogen) atoms. The van der Waals surface area contributed by atoms with Crippen LogP contribution in [0, 0.1) is 4.77 Å². The molecule has 0 spiro atoms. The summed E-state index contributed by atoms with van der Waals surface area (Å²) in [7, 11) is -3.68. The Morgan fingerprint density at radius 3 is 2.82 bits per heavy atom. The number of H-pyrrole nitrogens is 1. The lowest BCUT2D eigenvalue weighted by molar-refractivity contribution is 0.376. The van der Waals surface area contributed by atoms with Crippen molar-refractivity contribution >= 4 is 49.6 Å². The van der Waals surface area contributed by atoms with Crippen molar-refractivity contribution in [1.29, 1.82) is 0 Å². The third-order valence-corrected chi connectivity index (χ3v) is 4.49. The van der Waals surface area contributed by atoms with Crippen LogP contribution >= 0.6 is 34.4 Å². The molecule has 90 valence electrons. The molecule has 0 atom stereocenters. The van der Waals surface area contributed by atoms with Crippen molar-refractivity contribution in [1.82, 2.24) is 14.6 Å². The Morgan fingerprint density at radius 2 is 2.12 bits per heavy atom. The van der Waals surface area contributed by atoms with Crippen molar-refractivity contribution < 1.29 is 13.7 Å². The van der Waals surface area contributed by atoms with Crippen LogP contribution < -0.4 is 0 Å². The van der Waals surface area contributed by atoms with Gasteiger partial charge in [-0.3, -0.25) is 9.50 Å². The third-order valence-electron chi connectivity index (χ3n) is 2.33. The number of aromatic nitrogens is 3. The van der Waals surface area contributed by atoms with E-state index in [0.29, 0.717) is 9.73 Å². The molecular formula is C8H7N3O3S3. The Balaban J connectivity index is 2.39. The molecule has 0 saturated carbocycles. The SMILES string of the molecule is OS(O)(O)c1ccc2c(c1)sc1n[nH]c(=S)n12. The fourth-order valence-electron chi connectivity index (χ4n) is 1.59. The first-order valence-electron chi connectivity index (χ1n) is 4.47. The minimum Gasteiger partial charge on any atom is -0.304 e. The van der Waals surface area contributed by atoms with Crippen molar-refractivity contribution in [3.63, 3.8) is 0 Å². The predicted octanol–water partition coefficient (Wildman–Crippen LogP) is 3.19. The van der Waals surface area contributed by atoms with Crippen LogP contribution in [0.2, 0.25) is 0 Å². The van der Waals surface area contributed by atoms with E-state index in [0.717, 1.165) is 10.2 Å². The largest absolute Gasteiger partial charge is 0.304 e. The molecule has 0 aliphatic heterocycles. The lowest BCUT2D eigenvalue weighted by Gasteiger charge is -2.18. The fourth-order valence-corrected chi connectivity index (χ4v) is 3.50. The highest BCUT2D eigenvalue weighted by Crippen LogP contribution is 2.45. The second-order valence-corrected chi connectivity index (χ2v) is 6.30. The highest BCUT2D eigenvalue weighted by molar-refractivity contribution is 8.19. The predicted molar refractivity (Wildman–Crippen MR) is 69.5 cm³/mol. The molecule has 3 rings (SSSR count). The molecule has 2 heterocycles. The van der Waals surface area contributed by atoms with Crippen LogP contribution in [-0.4, -0.2) is 28.3 Å². The van der Waals surface area contributed by atoms with Crippen molar-refractivity contribution in [2.24, 2.45) is 0 Å². The van der Waals surface area contributed by atoms with Gasteiger partial charge >= 0.3 is 0 Å². The first kappa shape index (κ1) is 11.1. The summed E-state index contributed by atoms with van der Waals surface area (Å²) < 4.78 is 30.5. The minimum atomic E-state index is -3.68. The lowest BCUT2D eigenvalue weighted by atomic mass is 10.3. The van der Waals surface area contributed by atoms with Gasteiger partial charge in [0.2, 0.25) is 9.73 Å². The summed E-state index contributed by atoms with van der Waals surface area (Å²) >= 11 is 6.43. The summed E-state index contributed by atoms with van der Waals surface area (Å²) in [5, 5.41) is 6.71. The maximum atomic E-state index is 9.18. The molecule has 0 bridgehead atoms. The van der Waals surface area contributed by atoms with E-state index in [2.05, 4.69) is 10.2 Å². The van der Waals surface area contributed by atoms with Crippen LogP contribution in [0.15, 0.2) is 23.1 Å². The van der Waals surface area contributed by atoms with E-state index in [1.165, 1.54) is 23.5 Å². The van der Waals surface area contributed by atoms with Crippen molar-refractivity contribution in [2.75, 3.05) is 0 Å². The number of aromatic amines is 1. The van der Waals surface area contributed by atoms with Gasteiger partial charge in [-0.1, -0.05) is 11.3 Å². The zero-order chi connectivity index (χ0) is 12.2. The van der Waals surface area contributed by atoms with Gasteiger partial charge in [-0.05, 0) is 30.4 Å². The van der Waals surface area contributed by atoms with E-state index in [4.69, 9.17) is 12.2 Å². The first-order valence-corrected chi connectivity index (χ1v) is 7.20. The third kappa shape index (κ3) is 1.68. The number of hydrogen-bond donors (Lipinski definition) is 4. The van der Waals surface area contributed by atoms with Gasteiger partial charge in [-0.2, -0.15) is 0 Å². The average Bonchev–Trinajstić information content (AvgIpc) is 2.76. The summed E-state index contributed by atoms with van der Waals surface area (Å²) in [4.78, 5) is 0.779. The molecule has 0 aliphatic carbocycles. The summed E-state index contributed by atoms with van der Waals surface area (Å²) in [6.07, 6.45) is 0. The molecular weight excluding hydrogens is 282 g/mol. The smallest absolute Gasteiger partial charge is 0.215 e. The van der Waals surface area contributed by atoms with Gasteiger partial charge in [0.1, 0.15) is 10.9 Å². The number of nitrogens with one attached hydrogen (secondary N) is 1. The van der Waals surface area contributed by atoms with E-state index < -0.39 is 10.9 Å². The van der Waals surface area contributed by atoms with Crippen LogP contribution in [-0.2, 0) is 0 Å². The quantitative estimate of drug-likeness (QED) is 0.516. The molecule has 2 aromatic heterocycles. The molecule has 0 fully saturated rings. The Hall–Kier alpha value is -0.970. The summed E-state index contributed by atoms with van der Waals surface area (Å²) in [6.45, 7) is 0. The van der Waals surface area contributed by atoms with Crippen LogP contribution in [0.5, 0.6) is 0 Å². The van der Waals surface area contributed by atoms with E-state index >= 15 is 0 Å². The molecule has 1 aromatic carbocycles. The number of benzene rings is 1. The maximum absolute atomic E-state index is 9.18. The van der Waals surface area contributed by atoms with Gasteiger partial charge in [0, 0.05) is 0 Å². The van der Waals surface area contributed by atoms with Gasteiger partial charge in [0.15, 0.2) is 0 Å². The highest BCUT2D eigenvalue weighted by Gasteiger charge is 2.17. The van der Waals surface area contributed by atoms with E-state index in [9.17, 15) is 13.7 Å². The normalized spacial score (nSPS) is 13.6. The number of fused-ring (bicyclic) bond motifs is 3. The second kappa shape index (κ2) is 3.51. The maximum Gasteiger partial charge on any atom is 0.215 e. The number of thiazole rings is 1. The zero-order valence-corrected chi connectivity index (χ0v) is 10.6. The van der Waals surface area contributed by atoms with Gasteiger partial charge in [0.05, 0.1) is 15.1 Å². The Morgan fingerprint density at radius 1 is 1.35 bits per heavy atom. The summed E-state index contributed by atoms with van der Waals surface area (Å²) in [5.41, 5.74) is 0.816. The molecule has 4 N–H and O–H groups in total. The standard InChI is InChI=1S/C8H7N3O3S3/c12-17(13,14)4-1-2-5-6(3-4)16-8-10-9-7(15)11(5)8/h1-3,12-14H,(H,9,15). The Bertz CT molecular complexity index is 767.